The molecule has 0 unspecified atom stereocenters. The van der Waals surface area contributed by atoms with Crippen molar-refractivity contribution in [1.82, 2.24) is 9.47 Å². The first-order chi connectivity index (χ1) is 11.0. The third kappa shape index (κ3) is 3.52. The Morgan fingerprint density at radius 3 is 2.91 bits per heavy atom. The van der Waals surface area contributed by atoms with Gasteiger partial charge in [0.15, 0.2) is 0 Å². The zero-order valence-corrected chi connectivity index (χ0v) is 13.9. The summed E-state index contributed by atoms with van der Waals surface area (Å²) in [5.41, 5.74) is -0.150. The zero-order chi connectivity index (χ0) is 16.4. The van der Waals surface area contributed by atoms with Gasteiger partial charge in [-0.3, -0.25) is 13.8 Å². The first-order valence-electron chi connectivity index (χ1n) is 7.75. The molecule has 1 fully saturated rings. The number of aromatic nitrogens is 1. The fourth-order valence-electron chi connectivity index (χ4n) is 2.96. The number of rotatable bonds is 2. The molecule has 1 saturated heterocycles. The smallest absolute Gasteiger partial charge is 0.258 e. The van der Waals surface area contributed by atoms with Gasteiger partial charge >= 0.3 is 0 Å². The lowest BCUT2D eigenvalue weighted by Crippen LogP contribution is -2.39. The van der Waals surface area contributed by atoms with Crippen molar-refractivity contribution < 1.29 is 9.00 Å². The first kappa shape index (κ1) is 15.9. The molecular weight excluding hydrogens is 312 g/mol. The second-order valence-electron chi connectivity index (χ2n) is 6.09. The molecule has 0 bridgehead atoms. The van der Waals surface area contributed by atoms with E-state index in [0.29, 0.717) is 30.0 Å². The van der Waals surface area contributed by atoms with Crippen molar-refractivity contribution in [3.63, 3.8) is 0 Å². The number of hydrogen-bond acceptors (Lipinski definition) is 3. The van der Waals surface area contributed by atoms with Crippen molar-refractivity contribution in [2.75, 3.05) is 24.6 Å². The van der Waals surface area contributed by atoms with Gasteiger partial charge in [-0.15, -0.1) is 0 Å². The minimum atomic E-state index is -0.857. The topological polar surface area (TPSA) is 59.4 Å². The molecule has 0 aliphatic carbocycles. The molecule has 6 heteroatoms. The van der Waals surface area contributed by atoms with Crippen LogP contribution in [-0.4, -0.2) is 44.2 Å². The number of fused-ring (bicyclic) bond motifs is 1. The molecule has 1 aliphatic heterocycles. The van der Waals surface area contributed by atoms with Gasteiger partial charge in [-0.25, -0.2) is 0 Å². The van der Waals surface area contributed by atoms with Crippen LogP contribution >= 0.6 is 0 Å². The van der Waals surface area contributed by atoms with Crippen molar-refractivity contribution in [3.05, 3.63) is 46.9 Å². The molecule has 0 N–H and O–H groups in total. The molecule has 3 rings (SSSR count). The van der Waals surface area contributed by atoms with Gasteiger partial charge in [0.1, 0.15) is 6.54 Å². The minimum absolute atomic E-state index is 0.0308. The van der Waals surface area contributed by atoms with E-state index in [1.807, 2.05) is 31.2 Å². The van der Waals surface area contributed by atoms with E-state index in [1.54, 1.807) is 17.2 Å². The van der Waals surface area contributed by atoms with Gasteiger partial charge in [0.25, 0.3) is 5.56 Å². The maximum Gasteiger partial charge on any atom is 0.258 e. The summed E-state index contributed by atoms with van der Waals surface area (Å²) < 4.78 is 13.2. The van der Waals surface area contributed by atoms with Gasteiger partial charge in [-0.1, -0.05) is 25.1 Å². The first-order valence-corrected chi connectivity index (χ1v) is 9.24. The van der Waals surface area contributed by atoms with E-state index >= 15 is 0 Å². The van der Waals surface area contributed by atoms with Gasteiger partial charge in [0.2, 0.25) is 5.91 Å². The number of amides is 1. The molecule has 0 radical (unpaired) electrons. The summed E-state index contributed by atoms with van der Waals surface area (Å²) >= 11 is 0. The zero-order valence-electron chi connectivity index (χ0n) is 13.1. The van der Waals surface area contributed by atoms with Crippen molar-refractivity contribution in [2.45, 2.75) is 13.5 Å². The standard InChI is InChI=1S/C17H20N2O3S/c1-13-10-18(8-9-23(22)12-13)16(20)11-19-7-6-14-4-2-3-5-15(14)17(19)21/h2-7,13H,8-12H2,1H3/t13-,23+/m1/s1. The van der Waals surface area contributed by atoms with Crippen LogP contribution in [0.5, 0.6) is 0 Å². The summed E-state index contributed by atoms with van der Waals surface area (Å²) in [5.74, 6) is 1.28. The van der Waals surface area contributed by atoms with Crippen molar-refractivity contribution >= 4 is 27.5 Å². The number of benzene rings is 1. The van der Waals surface area contributed by atoms with Crippen LogP contribution in [0.25, 0.3) is 10.8 Å². The molecule has 2 heterocycles. The Kier molecular flexibility index (Phi) is 4.61. The maximum atomic E-state index is 12.5. The predicted molar refractivity (Wildman–Crippen MR) is 91.8 cm³/mol. The van der Waals surface area contributed by atoms with Crippen LogP contribution in [0.4, 0.5) is 0 Å². The van der Waals surface area contributed by atoms with E-state index in [2.05, 4.69) is 0 Å². The van der Waals surface area contributed by atoms with Crippen LogP contribution in [0, 0.1) is 5.92 Å². The molecule has 23 heavy (non-hydrogen) atoms. The normalized spacial score (nSPS) is 22.0. The molecule has 1 amide bonds. The molecule has 2 aromatic rings. The Hall–Kier alpha value is -1.95. The maximum absolute atomic E-state index is 12.5. The van der Waals surface area contributed by atoms with Crippen LogP contribution in [0.3, 0.4) is 0 Å². The Morgan fingerprint density at radius 2 is 2.09 bits per heavy atom. The number of carbonyl (C=O) groups is 1. The van der Waals surface area contributed by atoms with E-state index in [4.69, 9.17) is 0 Å². The molecule has 5 nitrogen and oxygen atoms in total. The lowest BCUT2D eigenvalue weighted by Gasteiger charge is -2.22. The summed E-state index contributed by atoms with van der Waals surface area (Å²) in [7, 11) is -0.857. The van der Waals surface area contributed by atoms with E-state index in [9.17, 15) is 13.8 Å². The van der Waals surface area contributed by atoms with Crippen LogP contribution in [0.2, 0.25) is 0 Å². The molecule has 0 spiro atoms. The molecule has 122 valence electrons. The SMILES string of the molecule is C[C@@H]1CN(C(=O)Cn2ccc3ccccc3c2=O)CC[S@](=O)C1. The largest absolute Gasteiger partial charge is 0.340 e. The lowest BCUT2D eigenvalue weighted by atomic mass is 10.2. The second kappa shape index (κ2) is 6.66. The molecule has 2 atom stereocenters. The number of hydrogen-bond donors (Lipinski definition) is 0. The highest BCUT2D eigenvalue weighted by molar-refractivity contribution is 7.85. The number of pyridine rings is 1. The Balaban J connectivity index is 1.81. The van der Waals surface area contributed by atoms with E-state index < -0.39 is 10.8 Å². The average molecular weight is 332 g/mol. The van der Waals surface area contributed by atoms with Gasteiger partial charge < -0.3 is 9.47 Å². The molecule has 1 aromatic carbocycles. The monoisotopic (exact) mass is 332 g/mol. The second-order valence-corrected chi connectivity index (χ2v) is 7.71. The minimum Gasteiger partial charge on any atom is -0.340 e. The van der Waals surface area contributed by atoms with Crippen LogP contribution in [0.15, 0.2) is 41.3 Å². The van der Waals surface area contributed by atoms with Gasteiger partial charge in [-0.2, -0.15) is 0 Å². The van der Waals surface area contributed by atoms with Crippen LogP contribution in [0.1, 0.15) is 6.92 Å². The van der Waals surface area contributed by atoms with Gasteiger partial charge in [-0.05, 0) is 23.4 Å². The van der Waals surface area contributed by atoms with Crippen molar-refractivity contribution in [1.29, 1.82) is 0 Å². The highest BCUT2D eigenvalue weighted by atomic mass is 32.2. The van der Waals surface area contributed by atoms with Crippen LogP contribution in [-0.2, 0) is 22.1 Å². The Labute approximate surface area is 137 Å². The number of nitrogens with zero attached hydrogens (tertiary/aromatic N) is 2. The molecule has 1 aliphatic rings. The molecule has 0 saturated carbocycles. The summed E-state index contributed by atoms with van der Waals surface area (Å²) in [5, 5.41) is 1.49. The third-order valence-electron chi connectivity index (χ3n) is 4.14. The van der Waals surface area contributed by atoms with E-state index in [1.165, 1.54) is 4.57 Å². The van der Waals surface area contributed by atoms with E-state index in [0.717, 1.165) is 5.39 Å². The van der Waals surface area contributed by atoms with Gasteiger partial charge in [0, 0.05) is 47.0 Å². The van der Waals surface area contributed by atoms with Crippen molar-refractivity contribution in [2.24, 2.45) is 5.92 Å². The predicted octanol–water partition coefficient (Wildman–Crippen LogP) is 1.23. The lowest BCUT2D eigenvalue weighted by molar-refractivity contribution is -0.132. The average Bonchev–Trinajstić information content (AvgIpc) is 2.70. The van der Waals surface area contributed by atoms with Crippen LogP contribution < -0.4 is 5.56 Å². The Bertz CT molecular complexity index is 815. The highest BCUT2D eigenvalue weighted by Crippen LogP contribution is 2.11. The summed E-state index contributed by atoms with van der Waals surface area (Å²) in [6.45, 7) is 3.14. The molecular formula is C17H20N2O3S. The fraction of sp³-hybridized carbons (Fsp3) is 0.412. The van der Waals surface area contributed by atoms with E-state index in [-0.39, 0.29) is 23.9 Å². The summed E-state index contributed by atoms with van der Waals surface area (Å²) in [6.07, 6.45) is 1.67. The quantitative estimate of drug-likeness (QED) is 0.831. The highest BCUT2D eigenvalue weighted by Gasteiger charge is 2.23. The fourth-order valence-corrected chi connectivity index (χ4v) is 4.29. The summed E-state index contributed by atoms with van der Waals surface area (Å²) in [6, 6.07) is 9.21. The molecule has 1 aromatic heterocycles. The Morgan fingerprint density at radius 1 is 1.30 bits per heavy atom. The third-order valence-corrected chi connectivity index (χ3v) is 5.71. The van der Waals surface area contributed by atoms with Crippen molar-refractivity contribution in [3.8, 4) is 0 Å². The van der Waals surface area contributed by atoms with Gasteiger partial charge in [0.05, 0.1) is 0 Å². The summed E-state index contributed by atoms with van der Waals surface area (Å²) in [4.78, 5) is 26.7. The number of carbonyl (C=O) groups excluding carboxylic acids is 1.